The number of carbonyl (C=O) groups is 2. The molecule has 0 spiro atoms. The van der Waals surface area contributed by atoms with Gasteiger partial charge in [-0.1, -0.05) is 124 Å². The Hall–Kier alpha value is -3.46. The molecule has 0 bridgehead atoms. The maximum absolute atomic E-state index is 12.2. The quantitative estimate of drug-likeness (QED) is 0.0243. The zero-order valence-electron chi connectivity index (χ0n) is 34.5. The van der Waals surface area contributed by atoms with Gasteiger partial charge in [-0.25, -0.2) is 4.79 Å². The van der Waals surface area contributed by atoms with E-state index in [2.05, 4.69) is 29.6 Å². The van der Waals surface area contributed by atoms with E-state index >= 15 is 0 Å². The molecule has 0 radical (unpaired) electrons. The molecule has 0 aromatic rings. The molecule has 0 saturated heterocycles. The molecule has 0 heterocycles. The summed E-state index contributed by atoms with van der Waals surface area (Å²) in [6, 6.07) is 0. The van der Waals surface area contributed by atoms with E-state index < -0.39 is 54.8 Å². The van der Waals surface area contributed by atoms with Crippen LogP contribution in [0, 0.1) is 47.9 Å². The fraction of sp³-hybridized carbons (Fsp3) is 0.702. The van der Waals surface area contributed by atoms with Gasteiger partial charge >= 0.3 is 5.97 Å². The van der Waals surface area contributed by atoms with Gasteiger partial charge in [-0.3, -0.25) is 4.79 Å². The number of carboxylic acid groups (broad SMARTS) is 1. The Morgan fingerprint density at radius 1 is 0.569 bits per heavy atom. The Kier molecular flexibility index (Phi) is 35.5. The van der Waals surface area contributed by atoms with Crippen LogP contribution in [0.25, 0.3) is 0 Å². The van der Waals surface area contributed by atoms with Crippen LogP contribution < -0.4 is 0 Å². The Labute approximate surface area is 348 Å². The van der Waals surface area contributed by atoms with Crippen LogP contribution in [0.4, 0.5) is 0 Å². The summed E-state index contributed by atoms with van der Waals surface area (Å²) in [5, 5.41) is 87.1. The number of rotatable bonds is 33. The number of Topliss-reactive ketones (excluding diaryl/α,β-unsaturated/α-hetero) is 1. The van der Waals surface area contributed by atoms with Gasteiger partial charge in [0.1, 0.15) is 24.1 Å². The van der Waals surface area contributed by atoms with E-state index in [-0.39, 0.29) is 12.2 Å². The molecule has 11 heteroatoms. The second kappa shape index (κ2) is 37.8. The van der Waals surface area contributed by atoms with E-state index in [1.807, 2.05) is 18.1 Å². The van der Waals surface area contributed by atoms with E-state index in [1.54, 1.807) is 5.92 Å². The van der Waals surface area contributed by atoms with Crippen molar-refractivity contribution in [1.29, 1.82) is 0 Å². The highest BCUT2D eigenvalue weighted by atomic mass is 16.4. The van der Waals surface area contributed by atoms with E-state index in [0.29, 0.717) is 51.4 Å². The Morgan fingerprint density at radius 3 is 1.76 bits per heavy atom. The van der Waals surface area contributed by atoms with E-state index in [4.69, 9.17) is 11.5 Å². The molecule has 9 N–H and O–H groups in total. The van der Waals surface area contributed by atoms with Gasteiger partial charge in [0.2, 0.25) is 0 Å². The highest BCUT2D eigenvalue weighted by Gasteiger charge is 2.22. The van der Waals surface area contributed by atoms with Gasteiger partial charge in [-0.05, 0) is 70.3 Å². The standard InChI is InChI=1S/C47H72O11/c1-2-38(48)34-35-43(53)32-23-31-42(52)30-22-29-41(51)28-20-15-14-19-27-40(50)26-18-12-9-11-17-25-39(49)24-16-10-7-5-3-4-6-8-13-21-33-44(54)47(58)45(55)36-37-46(56)57/h1,17,25,34-35,38-39,41-45,47-49,51-55,58H,3-16,18-19,21,23-24,26-27,30-33H2,(H,56,57). The fourth-order valence-electron chi connectivity index (χ4n) is 6.02. The lowest BCUT2D eigenvalue weighted by atomic mass is 10.0. The third kappa shape index (κ3) is 35.7. The number of terminal acetylenes is 1. The predicted octanol–water partition coefficient (Wildman–Crippen LogP) is 5.04. The molecular weight excluding hydrogens is 741 g/mol. The Morgan fingerprint density at radius 2 is 1.12 bits per heavy atom. The second-order valence-corrected chi connectivity index (χ2v) is 14.9. The van der Waals surface area contributed by atoms with E-state index in [9.17, 15) is 50.4 Å². The van der Waals surface area contributed by atoms with Gasteiger partial charge in [0.25, 0.3) is 0 Å². The predicted molar refractivity (Wildman–Crippen MR) is 227 cm³/mol. The van der Waals surface area contributed by atoms with Crippen LogP contribution in [-0.4, -0.2) is 107 Å². The molecule has 0 aromatic carbocycles. The average Bonchev–Trinajstić information content (AvgIpc) is 3.19. The average molecular weight is 813 g/mol. The molecule has 0 amide bonds. The van der Waals surface area contributed by atoms with Crippen molar-refractivity contribution in [2.24, 2.45) is 0 Å². The summed E-state index contributed by atoms with van der Waals surface area (Å²) in [5.41, 5.74) is 0. The number of ketones is 1. The lowest BCUT2D eigenvalue weighted by Gasteiger charge is -2.19. The maximum Gasteiger partial charge on any atom is 0.381 e. The number of allylic oxidation sites excluding steroid dienone is 1. The molecule has 0 saturated carbocycles. The second-order valence-electron chi connectivity index (χ2n) is 14.9. The fourth-order valence-corrected chi connectivity index (χ4v) is 6.02. The van der Waals surface area contributed by atoms with Gasteiger partial charge in [-0.15, -0.1) is 6.42 Å². The molecule has 11 nitrogen and oxygen atoms in total. The third-order valence-electron chi connectivity index (χ3n) is 9.53. The van der Waals surface area contributed by atoms with E-state index in [1.165, 1.54) is 18.6 Å². The first-order chi connectivity index (χ1) is 27.8. The lowest BCUT2D eigenvalue weighted by Crippen LogP contribution is -2.36. The van der Waals surface area contributed by atoms with Crippen molar-refractivity contribution in [3.05, 3.63) is 24.3 Å². The molecular formula is C47H72O11. The summed E-state index contributed by atoms with van der Waals surface area (Å²) in [6.45, 7) is 0. The van der Waals surface area contributed by atoms with Crippen molar-refractivity contribution >= 4 is 11.8 Å². The molecule has 0 fully saturated rings. The molecule has 58 heavy (non-hydrogen) atoms. The minimum absolute atomic E-state index is 0.191. The SMILES string of the molecule is C#CC(O)C=CC(O)CCCC(O)CC#CC(O)C#CCCCCC(=O)CCCCCC=CC(O)CCCCCCCCCCCCC(O)C(O)C(O)C#CC(=O)O. The summed E-state index contributed by atoms with van der Waals surface area (Å²) < 4.78 is 0. The van der Waals surface area contributed by atoms with Crippen molar-refractivity contribution in [1.82, 2.24) is 0 Å². The first-order valence-corrected chi connectivity index (χ1v) is 21.3. The number of aliphatic hydroxyl groups excluding tert-OH is 8. The molecule has 8 atom stereocenters. The monoisotopic (exact) mass is 813 g/mol. The van der Waals surface area contributed by atoms with Crippen molar-refractivity contribution in [3.63, 3.8) is 0 Å². The zero-order valence-corrected chi connectivity index (χ0v) is 34.5. The summed E-state index contributed by atoms with van der Waals surface area (Å²) in [4.78, 5) is 22.6. The molecule has 0 aliphatic carbocycles. The van der Waals surface area contributed by atoms with Crippen LogP contribution in [-0.2, 0) is 9.59 Å². The molecule has 326 valence electrons. The molecule has 0 rings (SSSR count). The van der Waals surface area contributed by atoms with Crippen molar-refractivity contribution < 1.29 is 55.5 Å². The minimum Gasteiger partial charge on any atom is -0.472 e. The van der Waals surface area contributed by atoms with Crippen LogP contribution in [0.2, 0.25) is 0 Å². The number of hydrogen-bond acceptors (Lipinski definition) is 10. The Bertz CT molecular complexity index is 1370. The number of aliphatic hydroxyl groups is 8. The summed E-state index contributed by atoms with van der Waals surface area (Å²) in [6.07, 6.45) is 23.6. The summed E-state index contributed by atoms with van der Waals surface area (Å²) in [7, 11) is 0. The molecule has 8 unspecified atom stereocenters. The Balaban J connectivity index is 3.71. The number of unbranched alkanes of at least 4 members (excludes halogenated alkanes) is 14. The van der Waals surface area contributed by atoms with Crippen LogP contribution >= 0.6 is 0 Å². The largest absolute Gasteiger partial charge is 0.472 e. The topological polar surface area (TPSA) is 216 Å². The summed E-state index contributed by atoms with van der Waals surface area (Å²) >= 11 is 0. The van der Waals surface area contributed by atoms with Crippen LogP contribution in [0.5, 0.6) is 0 Å². The van der Waals surface area contributed by atoms with Gasteiger partial charge in [0.15, 0.2) is 6.10 Å². The number of aliphatic carboxylic acids is 1. The highest BCUT2D eigenvalue weighted by molar-refractivity contribution is 5.86. The van der Waals surface area contributed by atoms with Crippen LogP contribution in [0.15, 0.2) is 24.3 Å². The number of carboxylic acids is 1. The normalized spacial score (nSPS) is 15.4. The third-order valence-corrected chi connectivity index (χ3v) is 9.53. The zero-order chi connectivity index (χ0) is 43.2. The number of carbonyl (C=O) groups excluding carboxylic acids is 1. The van der Waals surface area contributed by atoms with Crippen molar-refractivity contribution in [2.75, 3.05) is 0 Å². The molecule has 0 aliphatic heterocycles. The van der Waals surface area contributed by atoms with Gasteiger partial charge in [0, 0.05) is 31.6 Å². The first-order valence-electron chi connectivity index (χ1n) is 21.3. The van der Waals surface area contributed by atoms with E-state index in [0.717, 1.165) is 96.3 Å². The van der Waals surface area contributed by atoms with Gasteiger partial charge < -0.3 is 46.0 Å². The van der Waals surface area contributed by atoms with Crippen LogP contribution in [0.1, 0.15) is 161 Å². The molecule has 0 aliphatic rings. The maximum atomic E-state index is 12.2. The lowest BCUT2D eigenvalue weighted by molar-refractivity contribution is -0.130. The first kappa shape index (κ1) is 54.5. The summed E-state index contributed by atoms with van der Waals surface area (Å²) in [5.74, 6) is 15.6. The van der Waals surface area contributed by atoms with Crippen LogP contribution in [0.3, 0.4) is 0 Å². The smallest absolute Gasteiger partial charge is 0.381 e. The van der Waals surface area contributed by atoms with Gasteiger partial charge in [0.05, 0.1) is 24.4 Å². The van der Waals surface area contributed by atoms with Crippen molar-refractivity contribution in [3.8, 4) is 47.9 Å². The number of hydrogen-bond donors (Lipinski definition) is 9. The van der Waals surface area contributed by atoms with Crippen molar-refractivity contribution in [2.45, 2.75) is 209 Å². The molecule has 0 aromatic heterocycles. The van der Waals surface area contributed by atoms with Gasteiger partial charge in [-0.2, -0.15) is 0 Å². The minimum atomic E-state index is -1.59. The highest BCUT2D eigenvalue weighted by Crippen LogP contribution is 2.15.